The topological polar surface area (TPSA) is 71.6 Å². The van der Waals surface area contributed by atoms with Gasteiger partial charge in [0.05, 0.1) is 6.26 Å². The molecular formula is C19H26N4O3. The lowest BCUT2D eigenvalue weighted by Crippen LogP contribution is -2.40. The Hall–Kier alpha value is -2.57. The molecule has 0 radical (unpaired) electrons. The number of carbonyl (C=O) groups excluding carboxylic acids is 2. The lowest BCUT2D eigenvalue weighted by molar-refractivity contribution is -0.134. The first-order valence-corrected chi connectivity index (χ1v) is 9.13. The molecule has 26 heavy (non-hydrogen) atoms. The number of amides is 2. The van der Waals surface area contributed by atoms with Gasteiger partial charge in [0.15, 0.2) is 5.76 Å². The highest BCUT2D eigenvalue weighted by Crippen LogP contribution is 2.20. The highest BCUT2D eigenvalue weighted by atomic mass is 16.3. The van der Waals surface area contributed by atoms with Crippen LogP contribution in [-0.2, 0) is 4.79 Å². The molecule has 0 unspecified atom stereocenters. The summed E-state index contributed by atoms with van der Waals surface area (Å²) in [5.74, 6) is 1.46. The van der Waals surface area contributed by atoms with Gasteiger partial charge in [-0.3, -0.25) is 9.59 Å². The van der Waals surface area contributed by atoms with Crippen molar-refractivity contribution in [3.05, 3.63) is 42.4 Å². The van der Waals surface area contributed by atoms with E-state index in [-0.39, 0.29) is 23.8 Å². The first kappa shape index (κ1) is 18.2. The van der Waals surface area contributed by atoms with Crippen LogP contribution >= 0.6 is 0 Å². The van der Waals surface area contributed by atoms with E-state index in [1.807, 2.05) is 22.6 Å². The van der Waals surface area contributed by atoms with Crippen molar-refractivity contribution in [2.24, 2.45) is 0 Å². The number of imidazole rings is 1. The molecule has 2 amide bonds. The molecule has 1 aliphatic rings. The van der Waals surface area contributed by atoms with Gasteiger partial charge in [0.25, 0.3) is 5.91 Å². The molecule has 1 aliphatic heterocycles. The largest absolute Gasteiger partial charge is 0.459 e. The van der Waals surface area contributed by atoms with Gasteiger partial charge >= 0.3 is 0 Å². The Bertz CT molecular complexity index is 751. The van der Waals surface area contributed by atoms with Crippen LogP contribution in [0.25, 0.3) is 0 Å². The fraction of sp³-hybridized carbons (Fsp3) is 0.526. The number of hydrogen-bond donors (Lipinski definition) is 0. The molecule has 1 fully saturated rings. The van der Waals surface area contributed by atoms with Crippen molar-refractivity contribution >= 4 is 11.8 Å². The Morgan fingerprint density at radius 2 is 1.85 bits per heavy atom. The number of aromatic nitrogens is 2. The van der Waals surface area contributed by atoms with E-state index in [9.17, 15) is 9.59 Å². The summed E-state index contributed by atoms with van der Waals surface area (Å²) in [5, 5.41) is 0. The zero-order valence-electron chi connectivity index (χ0n) is 15.6. The molecule has 7 heteroatoms. The van der Waals surface area contributed by atoms with Gasteiger partial charge < -0.3 is 18.8 Å². The van der Waals surface area contributed by atoms with Crippen LogP contribution in [0.4, 0.5) is 0 Å². The van der Waals surface area contributed by atoms with Crippen LogP contribution in [0.2, 0.25) is 0 Å². The molecule has 0 aromatic carbocycles. The van der Waals surface area contributed by atoms with Gasteiger partial charge in [-0.15, -0.1) is 0 Å². The fourth-order valence-electron chi connectivity index (χ4n) is 3.38. The van der Waals surface area contributed by atoms with Crippen molar-refractivity contribution in [2.75, 3.05) is 26.2 Å². The number of rotatable bonds is 4. The minimum Gasteiger partial charge on any atom is -0.459 e. The highest BCUT2D eigenvalue weighted by molar-refractivity contribution is 5.91. The summed E-state index contributed by atoms with van der Waals surface area (Å²) in [6.45, 7) is 8.36. The van der Waals surface area contributed by atoms with E-state index in [0.29, 0.717) is 31.9 Å². The van der Waals surface area contributed by atoms with E-state index < -0.39 is 0 Å². The molecule has 140 valence electrons. The Balaban J connectivity index is 1.66. The Morgan fingerprint density at radius 3 is 2.54 bits per heavy atom. The molecule has 0 saturated carbocycles. The van der Waals surface area contributed by atoms with Crippen molar-refractivity contribution in [1.29, 1.82) is 0 Å². The summed E-state index contributed by atoms with van der Waals surface area (Å²) in [6.07, 6.45) is 5.86. The normalized spacial score (nSPS) is 16.6. The molecule has 7 nitrogen and oxygen atoms in total. The van der Waals surface area contributed by atoms with Crippen LogP contribution in [0, 0.1) is 0 Å². The van der Waals surface area contributed by atoms with Crippen LogP contribution in [0.1, 0.15) is 55.5 Å². The number of nitrogens with zero attached hydrogens (tertiary/aromatic N) is 4. The molecule has 0 bridgehead atoms. The van der Waals surface area contributed by atoms with E-state index in [4.69, 9.17) is 4.42 Å². The average molecular weight is 358 g/mol. The maximum Gasteiger partial charge on any atom is 0.289 e. The second-order valence-corrected chi connectivity index (χ2v) is 6.97. The molecule has 3 rings (SSSR count). The van der Waals surface area contributed by atoms with Gasteiger partial charge in [-0.05, 0) is 25.5 Å². The third-order valence-corrected chi connectivity index (χ3v) is 4.82. The third-order valence-electron chi connectivity index (χ3n) is 4.82. The van der Waals surface area contributed by atoms with E-state index in [1.165, 1.54) is 6.26 Å². The summed E-state index contributed by atoms with van der Waals surface area (Å²) in [6, 6.07) is 3.08. The molecule has 0 aliphatic carbocycles. The SMILES string of the molecule is CC(C)c1nccn1[C@H](C)C(=O)N1CCCN(C(=O)c2ccco2)CC1. The van der Waals surface area contributed by atoms with E-state index >= 15 is 0 Å². The first-order valence-electron chi connectivity index (χ1n) is 9.13. The molecule has 1 saturated heterocycles. The molecule has 2 aromatic heterocycles. The smallest absolute Gasteiger partial charge is 0.289 e. The second kappa shape index (κ2) is 7.76. The lowest BCUT2D eigenvalue weighted by atomic mass is 10.2. The van der Waals surface area contributed by atoms with Crippen LogP contribution in [-0.4, -0.2) is 57.3 Å². The van der Waals surface area contributed by atoms with E-state index in [2.05, 4.69) is 18.8 Å². The van der Waals surface area contributed by atoms with Crippen molar-refractivity contribution in [2.45, 2.75) is 39.2 Å². The molecule has 1 atom stereocenters. The standard InChI is InChI=1S/C19H26N4O3/c1-14(2)17-20-7-10-23(17)15(3)18(24)21-8-5-9-22(12-11-21)19(25)16-6-4-13-26-16/h4,6-7,10,13-15H,5,8-9,11-12H2,1-3H3/t15-/m1/s1. The number of hydrogen-bond acceptors (Lipinski definition) is 4. The zero-order chi connectivity index (χ0) is 18.7. The summed E-state index contributed by atoms with van der Waals surface area (Å²) in [5.41, 5.74) is 0. The maximum atomic E-state index is 13.0. The highest BCUT2D eigenvalue weighted by Gasteiger charge is 2.28. The van der Waals surface area contributed by atoms with Gasteiger partial charge in [-0.2, -0.15) is 0 Å². The summed E-state index contributed by atoms with van der Waals surface area (Å²) in [4.78, 5) is 33.4. The first-order chi connectivity index (χ1) is 12.5. The molecule has 0 spiro atoms. The van der Waals surface area contributed by atoms with Crippen LogP contribution in [0.3, 0.4) is 0 Å². The van der Waals surface area contributed by atoms with Gasteiger partial charge in [-0.25, -0.2) is 4.98 Å². The Labute approximate surface area is 153 Å². The van der Waals surface area contributed by atoms with Crippen LogP contribution < -0.4 is 0 Å². The van der Waals surface area contributed by atoms with Gasteiger partial charge in [0.2, 0.25) is 5.91 Å². The average Bonchev–Trinajstić information content (AvgIpc) is 3.27. The summed E-state index contributed by atoms with van der Waals surface area (Å²) in [7, 11) is 0. The Kier molecular flexibility index (Phi) is 5.44. The van der Waals surface area contributed by atoms with Gasteiger partial charge in [-0.1, -0.05) is 13.8 Å². The van der Waals surface area contributed by atoms with E-state index in [1.54, 1.807) is 23.2 Å². The molecule has 0 N–H and O–H groups in total. The fourth-order valence-corrected chi connectivity index (χ4v) is 3.38. The van der Waals surface area contributed by atoms with Crippen molar-refractivity contribution in [3.8, 4) is 0 Å². The van der Waals surface area contributed by atoms with Gasteiger partial charge in [0, 0.05) is 44.5 Å². The molecule has 3 heterocycles. The van der Waals surface area contributed by atoms with Crippen molar-refractivity contribution in [3.63, 3.8) is 0 Å². The zero-order valence-corrected chi connectivity index (χ0v) is 15.6. The van der Waals surface area contributed by atoms with Crippen LogP contribution in [0.15, 0.2) is 35.2 Å². The van der Waals surface area contributed by atoms with Crippen molar-refractivity contribution < 1.29 is 14.0 Å². The lowest BCUT2D eigenvalue weighted by Gasteiger charge is -2.26. The Morgan fingerprint density at radius 1 is 1.12 bits per heavy atom. The van der Waals surface area contributed by atoms with Crippen LogP contribution in [0.5, 0.6) is 0 Å². The number of carbonyl (C=O) groups is 2. The minimum absolute atomic E-state index is 0.0668. The third kappa shape index (κ3) is 3.66. The predicted octanol–water partition coefficient (Wildman–Crippen LogP) is 2.54. The summed E-state index contributed by atoms with van der Waals surface area (Å²) < 4.78 is 7.15. The predicted molar refractivity (Wildman–Crippen MR) is 96.8 cm³/mol. The maximum absolute atomic E-state index is 13.0. The summed E-state index contributed by atoms with van der Waals surface area (Å²) >= 11 is 0. The second-order valence-electron chi connectivity index (χ2n) is 6.97. The van der Waals surface area contributed by atoms with E-state index in [0.717, 1.165) is 12.2 Å². The minimum atomic E-state index is -0.303. The van der Waals surface area contributed by atoms with Crippen molar-refractivity contribution in [1.82, 2.24) is 19.4 Å². The molecule has 2 aromatic rings. The number of furan rings is 1. The molecular weight excluding hydrogens is 332 g/mol. The quantitative estimate of drug-likeness (QED) is 0.842. The monoisotopic (exact) mass is 358 g/mol. The van der Waals surface area contributed by atoms with Gasteiger partial charge in [0.1, 0.15) is 11.9 Å².